The Hall–Kier alpha value is -2.08. The van der Waals surface area contributed by atoms with Crippen LogP contribution in [0.3, 0.4) is 0 Å². The zero-order valence-corrected chi connectivity index (χ0v) is 12.9. The van der Waals surface area contributed by atoms with Gasteiger partial charge in [-0.15, -0.1) is 0 Å². The van der Waals surface area contributed by atoms with Crippen LogP contribution in [0.5, 0.6) is 0 Å². The molecule has 120 valence electrons. The van der Waals surface area contributed by atoms with E-state index in [9.17, 15) is 9.59 Å². The summed E-state index contributed by atoms with van der Waals surface area (Å²) < 4.78 is 4.86. The Morgan fingerprint density at radius 2 is 2.09 bits per heavy atom. The van der Waals surface area contributed by atoms with Crippen molar-refractivity contribution in [3.63, 3.8) is 0 Å². The number of benzene rings is 1. The quantitative estimate of drug-likeness (QED) is 0.673. The molecular formula is C16H23N3O3. The summed E-state index contributed by atoms with van der Waals surface area (Å²) >= 11 is 0. The van der Waals surface area contributed by atoms with E-state index in [2.05, 4.69) is 16.0 Å². The molecule has 6 nitrogen and oxygen atoms in total. The summed E-state index contributed by atoms with van der Waals surface area (Å²) in [5.41, 5.74) is 1.71. The maximum absolute atomic E-state index is 11.9. The van der Waals surface area contributed by atoms with E-state index < -0.39 is 0 Å². The number of urea groups is 1. The maximum Gasteiger partial charge on any atom is 0.315 e. The fraction of sp³-hybridized carbons (Fsp3) is 0.500. The van der Waals surface area contributed by atoms with Crippen LogP contribution in [-0.2, 0) is 16.1 Å². The van der Waals surface area contributed by atoms with Crippen molar-refractivity contribution in [2.24, 2.45) is 5.92 Å². The molecule has 0 bridgehead atoms. The first-order chi connectivity index (χ1) is 10.7. The van der Waals surface area contributed by atoms with Crippen molar-refractivity contribution in [1.29, 1.82) is 0 Å². The summed E-state index contributed by atoms with van der Waals surface area (Å²) in [4.78, 5) is 23.5. The molecule has 0 atom stereocenters. The lowest BCUT2D eigenvalue weighted by Crippen LogP contribution is -2.36. The highest BCUT2D eigenvalue weighted by molar-refractivity contribution is 5.93. The van der Waals surface area contributed by atoms with Gasteiger partial charge >= 0.3 is 6.03 Å². The molecule has 0 saturated heterocycles. The summed E-state index contributed by atoms with van der Waals surface area (Å²) in [6.45, 7) is 1.36. The molecule has 6 heteroatoms. The van der Waals surface area contributed by atoms with Gasteiger partial charge < -0.3 is 20.7 Å². The molecule has 22 heavy (non-hydrogen) atoms. The zero-order chi connectivity index (χ0) is 15.8. The zero-order valence-electron chi connectivity index (χ0n) is 12.9. The summed E-state index contributed by atoms with van der Waals surface area (Å²) in [5, 5.41) is 8.38. The average Bonchev–Trinajstić information content (AvgIpc) is 2.44. The van der Waals surface area contributed by atoms with Crippen LogP contribution in [0.25, 0.3) is 0 Å². The van der Waals surface area contributed by atoms with Crippen LogP contribution >= 0.6 is 0 Å². The fourth-order valence-electron chi connectivity index (χ4n) is 2.19. The van der Waals surface area contributed by atoms with Gasteiger partial charge in [0.25, 0.3) is 0 Å². The smallest absolute Gasteiger partial charge is 0.315 e. The van der Waals surface area contributed by atoms with E-state index >= 15 is 0 Å². The molecule has 0 unspecified atom stereocenters. The molecule has 1 fully saturated rings. The Bertz CT molecular complexity index is 515. The highest BCUT2D eigenvalue weighted by Gasteiger charge is 2.25. The molecule has 3 amide bonds. The van der Waals surface area contributed by atoms with Crippen LogP contribution < -0.4 is 16.0 Å². The third-order valence-corrected chi connectivity index (χ3v) is 3.72. The average molecular weight is 305 g/mol. The number of hydrogen-bond donors (Lipinski definition) is 3. The molecule has 1 aliphatic rings. The SMILES string of the molecule is COCCNC(=O)NCc1cccc(NC(=O)C2CCC2)c1. The Kier molecular flexibility index (Phi) is 6.21. The van der Waals surface area contributed by atoms with Crippen molar-refractivity contribution in [3.05, 3.63) is 29.8 Å². The molecule has 1 aromatic carbocycles. The van der Waals surface area contributed by atoms with E-state index in [0.29, 0.717) is 19.7 Å². The van der Waals surface area contributed by atoms with Crippen LogP contribution in [0, 0.1) is 5.92 Å². The second-order valence-corrected chi connectivity index (χ2v) is 5.42. The van der Waals surface area contributed by atoms with Crippen molar-refractivity contribution in [3.8, 4) is 0 Å². The van der Waals surface area contributed by atoms with Gasteiger partial charge in [-0.2, -0.15) is 0 Å². The van der Waals surface area contributed by atoms with E-state index in [1.54, 1.807) is 7.11 Å². The predicted molar refractivity (Wildman–Crippen MR) is 84.5 cm³/mol. The number of hydrogen-bond acceptors (Lipinski definition) is 3. The number of ether oxygens (including phenoxy) is 1. The van der Waals surface area contributed by atoms with Crippen molar-refractivity contribution in [2.45, 2.75) is 25.8 Å². The van der Waals surface area contributed by atoms with Crippen LogP contribution in [0.2, 0.25) is 0 Å². The largest absolute Gasteiger partial charge is 0.383 e. The van der Waals surface area contributed by atoms with Gasteiger partial charge in [0.05, 0.1) is 6.61 Å². The second-order valence-electron chi connectivity index (χ2n) is 5.42. The predicted octanol–water partition coefficient (Wildman–Crippen LogP) is 1.87. The highest BCUT2D eigenvalue weighted by Crippen LogP contribution is 2.27. The van der Waals surface area contributed by atoms with Gasteiger partial charge in [0.1, 0.15) is 0 Å². The summed E-state index contributed by atoms with van der Waals surface area (Å²) in [5.74, 6) is 0.252. The molecule has 3 N–H and O–H groups in total. The minimum absolute atomic E-state index is 0.0914. The van der Waals surface area contributed by atoms with Crippen molar-refractivity contribution in [1.82, 2.24) is 10.6 Å². The molecule has 2 rings (SSSR count). The van der Waals surface area contributed by atoms with Gasteiger partial charge in [0, 0.05) is 31.8 Å². The first kappa shape index (κ1) is 16.3. The van der Waals surface area contributed by atoms with Crippen molar-refractivity contribution in [2.75, 3.05) is 25.6 Å². The Morgan fingerprint density at radius 3 is 2.77 bits per heavy atom. The lowest BCUT2D eigenvalue weighted by atomic mass is 9.85. The van der Waals surface area contributed by atoms with E-state index in [-0.39, 0.29) is 17.9 Å². The first-order valence-corrected chi connectivity index (χ1v) is 7.59. The van der Waals surface area contributed by atoms with Gasteiger partial charge in [-0.1, -0.05) is 18.6 Å². The summed E-state index contributed by atoms with van der Waals surface area (Å²) in [6.07, 6.45) is 3.10. The third-order valence-electron chi connectivity index (χ3n) is 3.72. The van der Waals surface area contributed by atoms with Crippen LogP contribution in [0.4, 0.5) is 10.5 Å². The Morgan fingerprint density at radius 1 is 1.27 bits per heavy atom. The van der Waals surface area contributed by atoms with Gasteiger partial charge in [-0.05, 0) is 30.5 Å². The minimum atomic E-state index is -0.235. The molecule has 0 aromatic heterocycles. The number of methoxy groups -OCH3 is 1. The summed E-state index contributed by atoms with van der Waals surface area (Å²) in [6, 6.07) is 7.29. The van der Waals surface area contributed by atoms with Crippen molar-refractivity contribution < 1.29 is 14.3 Å². The van der Waals surface area contributed by atoms with Crippen LogP contribution in [0.1, 0.15) is 24.8 Å². The number of amides is 3. The van der Waals surface area contributed by atoms with Crippen molar-refractivity contribution >= 4 is 17.6 Å². The molecule has 0 aliphatic heterocycles. The maximum atomic E-state index is 11.9. The molecule has 0 spiro atoms. The Balaban J connectivity index is 1.78. The molecular weight excluding hydrogens is 282 g/mol. The number of anilines is 1. The van der Waals surface area contributed by atoms with Crippen LogP contribution in [-0.4, -0.2) is 32.2 Å². The molecule has 1 aromatic rings. The number of nitrogens with one attached hydrogen (secondary N) is 3. The van der Waals surface area contributed by atoms with Gasteiger partial charge in [0.2, 0.25) is 5.91 Å². The highest BCUT2D eigenvalue weighted by atomic mass is 16.5. The topological polar surface area (TPSA) is 79.5 Å². The Labute approximate surface area is 130 Å². The fourth-order valence-corrected chi connectivity index (χ4v) is 2.19. The number of carbonyl (C=O) groups is 2. The monoisotopic (exact) mass is 305 g/mol. The van der Waals surface area contributed by atoms with E-state index in [0.717, 1.165) is 30.5 Å². The summed E-state index contributed by atoms with van der Waals surface area (Å²) in [7, 11) is 1.59. The normalized spacial score (nSPS) is 14.0. The molecule has 0 radical (unpaired) electrons. The number of carbonyl (C=O) groups excluding carboxylic acids is 2. The van der Waals surface area contributed by atoms with Gasteiger partial charge in [-0.25, -0.2) is 4.79 Å². The van der Waals surface area contributed by atoms with E-state index in [1.807, 2.05) is 24.3 Å². The lowest BCUT2D eigenvalue weighted by molar-refractivity contribution is -0.122. The lowest BCUT2D eigenvalue weighted by Gasteiger charge is -2.24. The van der Waals surface area contributed by atoms with Gasteiger partial charge in [-0.3, -0.25) is 4.79 Å². The standard InChI is InChI=1S/C16H23N3O3/c1-22-9-8-17-16(21)18-11-12-4-2-7-14(10-12)19-15(20)13-5-3-6-13/h2,4,7,10,13H,3,5-6,8-9,11H2,1H3,(H,19,20)(H2,17,18,21). The second kappa shape index (κ2) is 8.38. The minimum Gasteiger partial charge on any atom is -0.383 e. The first-order valence-electron chi connectivity index (χ1n) is 7.59. The number of rotatable bonds is 7. The molecule has 1 aliphatic carbocycles. The van der Waals surface area contributed by atoms with Crippen LogP contribution in [0.15, 0.2) is 24.3 Å². The third kappa shape index (κ3) is 5.04. The van der Waals surface area contributed by atoms with E-state index in [4.69, 9.17) is 4.74 Å². The molecule has 1 saturated carbocycles. The van der Waals surface area contributed by atoms with Gasteiger partial charge in [0.15, 0.2) is 0 Å². The molecule has 0 heterocycles. The van der Waals surface area contributed by atoms with E-state index in [1.165, 1.54) is 0 Å².